The number of nitrogens with zero attached hydrogens (tertiary/aromatic N) is 2. The molecule has 15 heavy (non-hydrogen) atoms. The lowest BCUT2D eigenvalue weighted by molar-refractivity contribution is 0.0943. The Morgan fingerprint density at radius 2 is 2.60 bits per heavy atom. The van der Waals surface area contributed by atoms with Crippen LogP contribution < -0.4 is 5.73 Å². The van der Waals surface area contributed by atoms with E-state index in [1.807, 2.05) is 5.38 Å². The van der Waals surface area contributed by atoms with Gasteiger partial charge in [0.05, 0.1) is 6.54 Å². The van der Waals surface area contributed by atoms with E-state index in [9.17, 15) is 4.79 Å². The van der Waals surface area contributed by atoms with Gasteiger partial charge in [0.25, 0.3) is 0 Å². The first kappa shape index (κ1) is 10.7. The van der Waals surface area contributed by atoms with Crippen LogP contribution in [0.5, 0.6) is 0 Å². The number of nitrogens with two attached hydrogens (primary N) is 1. The normalized spacial score (nSPS) is 22.1. The summed E-state index contributed by atoms with van der Waals surface area (Å²) < 4.78 is 0. The first-order valence-corrected chi connectivity index (χ1v) is 6.02. The molecule has 1 saturated heterocycles. The molecule has 0 bridgehead atoms. The first-order valence-electron chi connectivity index (χ1n) is 5.14. The Kier molecular flexibility index (Phi) is 3.45. The number of hydrogen-bond acceptors (Lipinski definition) is 5. The summed E-state index contributed by atoms with van der Waals surface area (Å²) in [6.45, 7) is 3.15. The number of ketones is 1. The number of likely N-dealkylation sites (tertiary alicyclic amines) is 1. The van der Waals surface area contributed by atoms with Crippen LogP contribution in [0.3, 0.4) is 0 Å². The van der Waals surface area contributed by atoms with Gasteiger partial charge in [0.2, 0.25) is 5.78 Å². The van der Waals surface area contributed by atoms with E-state index >= 15 is 0 Å². The van der Waals surface area contributed by atoms with Crippen molar-refractivity contribution in [1.82, 2.24) is 9.88 Å². The zero-order valence-electron chi connectivity index (χ0n) is 8.56. The highest BCUT2D eigenvalue weighted by Gasteiger charge is 2.23. The van der Waals surface area contributed by atoms with Crippen molar-refractivity contribution in [2.24, 2.45) is 11.7 Å². The van der Waals surface area contributed by atoms with Crippen molar-refractivity contribution in [3.05, 3.63) is 16.6 Å². The van der Waals surface area contributed by atoms with E-state index in [0.29, 0.717) is 17.5 Å². The Morgan fingerprint density at radius 1 is 1.73 bits per heavy atom. The van der Waals surface area contributed by atoms with Gasteiger partial charge in [-0.2, -0.15) is 0 Å². The quantitative estimate of drug-likeness (QED) is 0.763. The molecule has 5 heteroatoms. The average Bonchev–Trinajstić information content (AvgIpc) is 2.87. The number of carbonyl (C=O) groups is 1. The van der Waals surface area contributed by atoms with Crippen molar-refractivity contribution in [3.63, 3.8) is 0 Å². The molecule has 1 fully saturated rings. The number of carbonyl (C=O) groups excluding carboxylic acids is 1. The molecular formula is C10H15N3OS. The van der Waals surface area contributed by atoms with Gasteiger partial charge < -0.3 is 5.73 Å². The highest BCUT2D eigenvalue weighted by Crippen LogP contribution is 2.15. The van der Waals surface area contributed by atoms with Crippen LogP contribution in [0.15, 0.2) is 11.6 Å². The van der Waals surface area contributed by atoms with Gasteiger partial charge >= 0.3 is 0 Å². The zero-order chi connectivity index (χ0) is 10.7. The molecule has 1 aromatic heterocycles. The summed E-state index contributed by atoms with van der Waals surface area (Å²) in [6.07, 6.45) is 2.78. The fourth-order valence-electron chi connectivity index (χ4n) is 1.88. The molecule has 1 aliphatic heterocycles. The molecule has 0 amide bonds. The van der Waals surface area contributed by atoms with Crippen LogP contribution in [0.4, 0.5) is 0 Å². The van der Waals surface area contributed by atoms with E-state index in [1.165, 1.54) is 11.3 Å². The Bertz CT molecular complexity index is 325. The summed E-state index contributed by atoms with van der Waals surface area (Å²) in [6, 6.07) is 0. The molecule has 0 radical (unpaired) electrons. The molecule has 1 aliphatic rings. The summed E-state index contributed by atoms with van der Waals surface area (Å²) in [4.78, 5) is 17.9. The fraction of sp³-hybridized carbons (Fsp3) is 0.600. The van der Waals surface area contributed by atoms with Crippen LogP contribution in [0.2, 0.25) is 0 Å². The molecule has 4 nitrogen and oxygen atoms in total. The molecular weight excluding hydrogens is 210 g/mol. The van der Waals surface area contributed by atoms with Gasteiger partial charge in [-0.05, 0) is 25.4 Å². The fourth-order valence-corrected chi connectivity index (χ4v) is 2.45. The largest absolute Gasteiger partial charge is 0.330 e. The molecule has 1 atom stereocenters. The van der Waals surface area contributed by atoms with Crippen molar-refractivity contribution < 1.29 is 4.79 Å². The van der Waals surface area contributed by atoms with Crippen LogP contribution >= 0.6 is 11.3 Å². The van der Waals surface area contributed by atoms with E-state index in [4.69, 9.17) is 5.73 Å². The molecule has 2 N–H and O–H groups in total. The van der Waals surface area contributed by atoms with Gasteiger partial charge in [-0.15, -0.1) is 11.3 Å². The Labute approximate surface area is 93.1 Å². The van der Waals surface area contributed by atoms with Crippen molar-refractivity contribution in [2.75, 3.05) is 26.2 Å². The molecule has 1 aromatic rings. The zero-order valence-corrected chi connectivity index (χ0v) is 9.37. The second kappa shape index (κ2) is 4.83. The van der Waals surface area contributed by atoms with Crippen LogP contribution in [0.25, 0.3) is 0 Å². The van der Waals surface area contributed by atoms with Gasteiger partial charge in [-0.1, -0.05) is 0 Å². The van der Waals surface area contributed by atoms with Crippen LogP contribution in [-0.2, 0) is 0 Å². The Balaban J connectivity index is 1.86. The van der Waals surface area contributed by atoms with Crippen molar-refractivity contribution >= 4 is 17.1 Å². The number of hydrogen-bond donors (Lipinski definition) is 1. The second-order valence-corrected chi connectivity index (χ2v) is 4.78. The summed E-state index contributed by atoms with van der Waals surface area (Å²) in [7, 11) is 0. The predicted molar refractivity (Wildman–Crippen MR) is 60.0 cm³/mol. The lowest BCUT2D eigenvalue weighted by atomic mass is 10.1. The van der Waals surface area contributed by atoms with Crippen molar-refractivity contribution in [2.45, 2.75) is 6.42 Å². The summed E-state index contributed by atoms with van der Waals surface area (Å²) >= 11 is 1.41. The minimum absolute atomic E-state index is 0.127. The van der Waals surface area contributed by atoms with Gasteiger partial charge in [0, 0.05) is 18.1 Å². The minimum atomic E-state index is 0.127. The van der Waals surface area contributed by atoms with E-state index in [-0.39, 0.29) is 5.78 Å². The minimum Gasteiger partial charge on any atom is -0.330 e. The van der Waals surface area contributed by atoms with Crippen LogP contribution in [0, 0.1) is 5.92 Å². The van der Waals surface area contributed by atoms with Crippen molar-refractivity contribution in [3.8, 4) is 0 Å². The smallest absolute Gasteiger partial charge is 0.205 e. The van der Waals surface area contributed by atoms with E-state index < -0.39 is 0 Å². The molecule has 0 spiro atoms. The Hall–Kier alpha value is -0.780. The molecule has 0 aliphatic carbocycles. The predicted octanol–water partition coefficient (Wildman–Crippen LogP) is 0.606. The Morgan fingerprint density at radius 3 is 3.20 bits per heavy atom. The van der Waals surface area contributed by atoms with Crippen LogP contribution in [0.1, 0.15) is 16.2 Å². The molecule has 2 heterocycles. The van der Waals surface area contributed by atoms with Gasteiger partial charge in [-0.25, -0.2) is 4.98 Å². The monoisotopic (exact) mass is 225 g/mol. The third kappa shape index (κ3) is 2.62. The van der Waals surface area contributed by atoms with E-state index in [2.05, 4.69) is 9.88 Å². The average molecular weight is 225 g/mol. The molecule has 0 aromatic carbocycles. The first-order chi connectivity index (χ1) is 7.29. The maximum absolute atomic E-state index is 11.7. The molecule has 0 saturated carbocycles. The standard InChI is InChI=1S/C10H15N3OS/c11-5-8-1-3-13(6-8)7-9(14)10-12-2-4-15-10/h2,4,8H,1,3,5-7,11H2/t8-/m0/s1. The lowest BCUT2D eigenvalue weighted by Crippen LogP contribution is -2.28. The SMILES string of the molecule is NC[C@@H]1CCN(CC(=O)c2nccs2)C1. The summed E-state index contributed by atoms with van der Waals surface area (Å²) in [5.74, 6) is 0.691. The summed E-state index contributed by atoms with van der Waals surface area (Å²) in [5, 5.41) is 2.45. The number of aromatic nitrogens is 1. The lowest BCUT2D eigenvalue weighted by Gasteiger charge is -2.13. The van der Waals surface area contributed by atoms with Crippen LogP contribution in [-0.4, -0.2) is 41.8 Å². The number of rotatable bonds is 4. The molecule has 2 rings (SSSR count). The highest BCUT2D eigenvalue weighted by atomic mass is 32.1. The molecule has 82 valence electrons. The van der Waals surface area contributed by atoms with Crippen molar-refractivity contribution in [1.29, 1.82) is 0 Å². The third-order valence-corrected chi connectivity index (χ3v) is 3.56. The second-order valence-electron chi connectivity index (χ2n) is 3.89. The third-order valence-electron chi connectivity index (χ3n) is 2.74. The van der Waals surface area contributed by atoms with Gasteiger partial charge in [0.1, 0.15) is 0 Å². The maximum Gasteiger partial charge on any atom is 0.205 e. The van der Waals surface area contributed by atoms with Gasteiger partial charge in [-0.3, -0.25) is 9.69 Å². The molecule has 0 unspecified atom stereocenters. The van der Waals surface area contributed by atoms with E-state index in [0.717, 1.165) is 26.1 Å². The highest BCUT2D eigenvalue weighted by molar-refractivity contribution is 7.11. The van der Waals surface area contributed by atoms with E-state index in [1.54, 1.807) is 6.20 Å². The topological polar surface area (TPSA) is 59.2 Å². The van der Waals surface area contributed by atoms with Gasteiger partial charge in [0.15, 0.2) is 5.01 Å². The maximum atomic E-state index is 11.7. The summed E-state index contributed by atoms with van der Waals surface area (Å²) in [5.41, 5.74) is 5.60. The number of Topliss-reactive ketones (excluding diaryl/α,β-unsaturated/α-hetero) is 1. The number of thiazole rings is 1.